The van der Waals surface area contributed by atoms with E-state index in [-0.39, 0.29) is 30.4 Å². The third-order valence-electron chi connectivity index (χ3n) is 5.59. The predicted molar refractivity (Wildman–Crippen MR) is 128 cm³/mol. The zero-order valence-corrected chi connectivity index (χ0v) is 21.3. The number of ether oxygens (including phenoxy) is 2. The molecule has 0 aliphatic heterocycles. The van der Waals surface area contributed by atoms with Crippen LogP contribution in [0.25, 0.3) is 0 Å². The number of benzene rings is 1. The van der Waals surface area contributed by atoms with E-state index < -0.39 is 32.4 Å². The van der Waals surface area contributed by atoms with Crippen molar-refractivity contribution in [1.29, 1.82) is 0 Å². The smallest absolute Gasteiger partial charge is 0.407 e. The number of nitrogens with one attached hydrogen (secondary N) is 2. The molecule has 0 radical (unpaired) electrons. The van der Waals surface area contributed by atoms with Crippen LogP contribution >= 0.6 is 0 Å². The second-order valence-corrected chi connectivity index (χ2v) is 13.4. The fraction of sp³-hybridized carbons (Fsp3) is 0.667. The Morgan fingerprint density at radius 1 is 0.970 bits per heavy atom. The first-order valence-electron chi connectivity index (χ1n) is 11.4. The molecule has 1 aromatic rings. The van der Waals surface area contributed by atoms with Gasteiger partial charge in [-0.25, -0.2) is 18.0 Å². The minimum Gasteiger partial charge on any atom is -0.445 e. The maximum absolute atomic E-state index is 12.9. The highest BCUT2D eigenvalue weighted by molar-refractivity contribution is 7.92. The van der Waals surface area contributed by atoms with Crippen molar-refractivity contribution < 1.29 is 27.5 Å². The number of sulfone groups is 1. The fourth-order valence-electron chi connectivity index (χ4n) is 3.69. The Bertz CT molecular complexity index is 903. The highest BCUT2D eigenvalue weighted by Gasteiger charge is 2.39. The number of hydrogen-bond acceptors (Lipinski definition) is 6. The normalized spacial score (nSPS) is 21.7. The highest BCUT2D eigenvalue weighted by atomic mass is 32.2. The van der Waals surface area contributed by atoms with Crippen LogP contribution in [0.4, 0.5) is 9.59 Å². The van der Waals surface area contributed by atoms with E-state index >= 15 is 0 Å². The van der Waals surface area contributed by atoms with Crippen molar-refractivity contribution in [2.24, 2.45) is 5.92 Å². The highest BCUT2D eigenvalue weighted by Crippen LogP contribution is 2.30. The van der Waals surface area contributed by atoms with Crippen LogP contribution in [0.15, 0.2) is 30.3 Å². The maximum atomic E-state index is 12.9. The van der Waals surface area contributed by atoms with E-state index in [0.717, 1.165) is 5.56 Å². The fourth-order valence-corrected chi connectivity index (χ4v) is 5.12. The van der Waals surface area contributed by atoms with Crippen molar-refractivity contribution in [2.75, 3.05) is 5.75 Å². The molecule has 9 heteroatoms. The molecule has 1 aliphatic carbocycles. The van der Waals surface area contributed by atoms with Gasteiger partial charge < -0.3 is 20.1 Å². The first kappa shape index (κ1) is 27.0. The number of carbonyl (C=O) groups is 2. The lowest BCUT2D eigenvalue weighted by Crippen LogP contribution is -2.52. The average molecular weight is 483 g/mol. The molecule has 1 saturated carbocycles. The Kier molecular flexibility index (Phi) is 8.79. The van der Waals surface area contributed by atoms with Gasteiger partial charge in [-0.1, -0.05) is 30.3 Å². The second kappa shape index (κ2) is 10.8. The number of amides is 2. The molecule has 3 atom stereocenters. The van der Waals surface area contributed by atoms with Gasteiger partial charge in [0.2, 0.25) is 0 Å². The second-order valence-electron chi connectivity index (χ2n) is 10.6. The molecule has 0 spiro atoms. The SMILES string of the molecule is CC(C)(C)OC(=O)N[C@@H]1CC[C@H](NC(=O)OCc2ccccc2)[C@H](CS(=O)(=O)C(C)(C)C)C1. The van der Waals surface area contributed by atoms with Gasteiger partial charge in [-0.15, -0.1) is 0 Å². The Balaban J connectivity index is 2.05. The molecule has 1 fully saturated rings. The van der Waals surface area contributed by atoms with E-state index in [0.29, 0.717) is 19.3 Å². The standard InChI is InChI=1S/C24H38N2O6S/c1-23(2,3)32-22(28)25-19-12-13-20(18(14-19)16-33(29,30)24(4,5)6)26-21(27)31-15-17-10-8-7-9-11-17/h7-11,18-20H,12-16H2,1-6H3,(H,25,28)(H,26,27)/t18-,19+,20-/m0/s1. The number of alkyl carbamates (subject to hydrolysis) is 2. The molecule has 1 aromatic carbocycles. The van der Waals surface area contributed by atoms with E-state index in [1.165, 1.54) is 0 Å². The summed E-state index contributed by atoms with van der Waals surface area (Å²) < 4.78 is 35.6. The molecular formula is C24H38N2O6S. The van der Waals surface area contributed by atoms with Gasteiger partial charge in [0.05, 0.1) is 10.5 Å². The van der Waals surface area contributed by atoms with E-state index in [4.69, 9.17) is 9.47 Å². The number of rotatable bonds is 6. The van der Waals surface area contributed by atoms with Crippen LogP contribution in [0.1, 0.15) is 66.4 Å². The van der Waals surface area contributed by atoms with Crippen LogP contribution in [0.2, 0.25) is 0 Å². The molecule has 1 aliphatic rings. The summed E-state index contributed by atoms with van der Waals surface area (Å²) in [6, 6.07) is 8.72. The summed E-state index contributed by atoms with van der Waals surface area (Å²) in [6.07, 6.45) is 0.414. The van der Waals surface area contributed by atoms with E-state index in [1.54, 1.807) is 41.5 Å². The number of hydrogen-bond donors (Lipinski definition) is 2. The Hall–Kier alpha value is -2.29. The Labute approximate surface area is 197 Å². The predicted octanol–water partition coefficient (Wildman–Crippen LogP) is 4.19. The van der Waals surface area contributed by atoms with Crippen molar-refractivity contribution in [2.45, 2.75) is 89.8 Å². The quantitative estimate of drug-likeness (QED) is 0.629. The van der Waals surface area contributed by atoms with E-state index in [1.807, 2.05) is 30.3 Å². The summed E-state index contributed by atoms with van der Waals surface area (Å²) in [4.78, 5) is 24.7. The minimum atomic E-state index is -3.44. The monoisotopic (exact) mass is 482 g/mol. The Morgan fingerprint density at radius 3 is 2.18 bits per heavy atom. The van der Waals surface area contributed by atoms with Crippen LogP contribution in [0.5, 0.6) is 0 Å². The first-order chi connectivity index (χ1) is 15.2. The summed E-state index contributed by atoms with van der Waals surface area (Å²) in [5.41, 5.74) is 0.241. The molecule has 2 N–H and O–H groups in total. The van der Waals surface area contributed by atoms with Crippen LogP contribution in [-0.2, 0) is 25.9 Å². The van der Waals surface area contributed by atoms with Gasteiger partial charge in [0, 0.05) is 12.1 Å². The maximum Gasteiger partial charge on any atom is 0.407 e. The van der Waals surface area contributed by atoms with Crippen LogP contribution in [0.3, 0.4) is 0 Å². The first-order valence-corrected chi connectivity index (χ1v) is 13.0. The van der Waals surface area contributed by atoms with Crippen LogP contribution in [-0.4, -0.2) is 48.8 Å². The summed E-state index contributed by atoms with van der Waals surface area (Å²) >= 11 is 0. The lowest BCUT2D eigenvalue weighted by Gasteiger charge is -2.37. The molecule has 2 rings (SSSR count). The van der Waals surface area contributed by atoms with Gasteiger partial charge >= 0.3 is 12.2 Å². The number of carbonyl (C=O) groups excluding carboxylic acids is 2. The van der Waals surface area contributed by atoms with Gasteiger partial charge in [0.1, 0.15) is 12.2 Å². The molecule has 2 amide bonds. The summed E-state index contributed by atoms with van der Waals surface area (Å²) in [5, 5.41) is 5.71. The molecule has 0 bridgehead atoms. The van der Waals surface area contributed by atoms with Crippen LogP contribution in [0, 0.1) is 5.92 Å². The van der Waals surface area contributed by atoms with Gasteiger partial charge in [-0.2, -0.15) is 0 Å². The van der Waals surface area contributed by atoms with Gasteiger partial charge in [-0.05, 0) is 72.3 Å². The molecule has 0 heterocycles. The van der Waals surface area contributed by atoms with Gasteiger partial charge in [0.25, 0.3) is 0 Å². The van der Waals surface area contributed by atoms with Crippen molar-refractivity contribution in [3.8, 4) is 0 Å². The van der Waals surface area contributed by atoms with Crippen molar-refractivity contribution >= 4 is 22.0 Å². The molecule has 0 aromatic heterocycles. The Morgan fingerprint density at radius 2 is 1.61 bits per heavy atom. The molecule has 33 heavy (non-hydrogen) atoms. The van der Waals surface area contributed by atoms with E-state index in [9.17, 15) is 18.0 Å². The van der Waals surface area contributed by atoms with Crippen molar-refractivity contribution in [1.82, 2.24) is 10.6 Å². The molecule has 8 nitrogen and oxygen atoms in total. The average Bonchev–Trinajstić information content (AvgIpc) is 2.66. The van der Waals surface area contributed by atoms with Crippen molar-refractivity contribution in [3.05, 3.63) is 35.9 Å². The van der Waals surface area contributed by atoms with Gasteiger partial charge in [-0.3, -0.25) is 0 Å². The molecule has 0 unspecified atom stereocenters. The topological polar surface area (TPSA) is 111 Å². The van der Waals surface area contributed by atoms with Crippen LogP contribution < -0.4 is 10.6 Å². The lowest BCUT2D eigenvalue weighted by molar-refractivity contribution is 0.0477. The summed E-state index contributed by atoms with van der Waals surface area (Å²) in [7, 11) is -3.44. The molecule has 0 saturated heterocycles. The third kappa shape index (κ3) is 8.87. The van der Waals surface area contributed by atoms with Gasteiger partial charge in [0.15, 0.2) is 9.84 Å². The zero-order chi connectivity index (χ0) is 24.9. The lowest BCUT2D eigenvalue weighted by atomic mass is 9.82. The third-order valence-corrected chi connectivity index (χ3v) is 8.32. The van der Waals surface area contributed by atoms with Crippen molar-refractivity contribution in [3.63, 3.8) is 0 Å². The zero-order valence-electron chi connectivity index (χ0n) is 20.5. The largest absolute Gasteiger partial charge is 0.445 e. The molecule has 186 valence electrons. The van der Waals surface area contributed by atoms with E-state index in [2.05, 4.69) is 10.6 Å². The molecular weight excluding hydrogens is 444 g/mol. The minimum absolute atomic E-state index is 0.0906. The summed E-state index contributed by atoms with van der Waals surface area (Å²) in [6.45, 7) is 10.5. The summed E-state index contributed by atoms with van der Waals surface area (Å²) in [5.74, 6) is -0.459.